The highest BCUT2D eigenvalue weighted by molar-refractivity contribution is 6.03. The van der Waals surface area contributed by atoms with E-state index in [2.05, 4.69) is 6.58 Å². The van der Waals surface area contributed by atoms with Gasteiger partial charge in [-0.15, -0.1) is 6.58 Å². The topological polar surface area (TPSA) is 66.8 Å². The van der Waals surface area contributed by atoms with Gasteiger partial charge in [0.05, 0.1) is 23.8 Å². The molecule has 2 saturated heterocycles. The van der Waals surface area contributed by atoms with Crippen LogP contribution in [0.15, 0.2) is 48.6 Å². The largest absolute Gasteiger partial charge is 0.481 e. The molecule has 3 aliphatic rings. The van der Waals surface area contributed by atoms with Gasteiger partial charge in [-0.1, -0.05) is 29.9 Å². The molecule has 1 aromatic carbocycles. The van der Waals surface area contributed by atoms with E-state index in [1.807, 2.05) is 6.92 Å². The zero-order valence-electron chi connectivity index (χ0n) is 13.7. The van der Waals surface area contributed by atoms with Crippen molar-refractivity contribution < 1.29 is 23.8 Å². The van der Waals surface area contributed by atoms with Crippen molar-refractivity contribution in [3.8, 4) is 0 Å². The van der Waals surface area contributed by atoms with Crippen LogP contribution in [0.25, 0.3) is 0 Å². The highest BCUT2D eigenvalue weighted by atomic mass is 19.1. The maximum atomic E-state index is 14.4. The second kappa shape index (κ2) is 5.26. The summed E-state index contributed by atoms with van der Waals surface area (Å²) in [4.78, 5) is 26.3. The van der Waals surface area contributed by atoms with Crippen LogP contribution in [-0.4, -0.2) is 34.7 Å². The van der Waals surface area contributed by atoms with E-state index in [4.69, 9.17) is 4.74 Å². The molecular formula is C19H18FNO4. The third kappa shape index (κ3) is 2.03. The van der Waals surface area contributed by atoms with Crippen molar-refractivity contribution in [1.29, 1.82) is 0 Å². The van der Waals surface area contributed by atoms with Gasteiger partial charge in [-0.3, -0.25) is 9.59 Å². The minimum absolute atomic E-state index is 0.145. The number of nitrogens with zero attached hydrogens (tertiary/aromatic N) is 1. The minimum Gasteiger partial charge on any atom is -0.481 e. The number of fused-ring (bicyclic) bond motifs is 1. The monoisotopic (exact) mass is 343 g/mol. The second-order valence-corrected chi connectivity index (χ2v) is 6.97. The molecule has 130 valence electrons. The predicted molar refractivity (Wildman–Crippen MR) is 88.5 cm³/mol. The third-order valence-electron chi connectivity index (χ3n) is 5.36. The molecule has 5 atom stereocenters. The zero-order valence-corrected chi connectivity index (χ0v) is 13.7. The number of aliphatic carboxylic acids is 1. The maximum absolute atomic E-state index is 14.4. The first kappa shape index (κ1) is 16.0. The van der Waals surface area contributed by atoms with E-state index in [9.17, 15) is 19.1 Å². The smallest absolute Gasteiger partial charge is 0.310 e. The number of carboxylic acids is 1. The summed E-state index contributed by atoms with van der Waals surface area (Å²) >= 11 is 0. The number of para-hydroxylation sites is 1. The van der Waals surface area contributed by atoms with Crippen molar-refractivity contribution in [2.45, 2.75) is 31.1 Å². The number of hydrogen-bond acceptors (Lipinski definition) is 3. The quantitative estimate of drug-likeness (QED) is 0.853. The molecular weight excluding hydrogens is 325 g/mol. The van der Waals surface area contributed by atoms with Crippen LogP contribution >= 0.6 is 0 Å². The van der Waals surface area contributed by atoms with Crippen LogP contribution in [-0.2, 0) is 14.3 Å². The molecule has 0 aliphatic carbocycles. The fourth-order valence-electron chi connectivity index (χ4n) is 4.45. The highest BCUT2D eigenvalue weighted by Gasteiger charge is 2.71. The van der Waals surface area contributed by atoms with Gasteiger partial charge in [0.15, 0.2) is 0 Å². The second-order valence-electron chi connectivity index (χ2n) is 6.97. The Morgan fingerprint density at radius 3 is 2.80 bits per heavy atom. The number of amides is 1. The molecule has 1 N–H and O–H groups in total. The van der Waals surface area contributed by atoms with Crippen molar-refractivity contribution in [3.63, 3.8) is 0 Å². The molecule has 1 spiro atoms. The Balaban J connectivity index is 1.87. The zero-order chi connectivity index (χ0) is 17.9. The molecule has 4 rings (SSSR count). The van der Waals surface area contributed by atoms with Crippen molar-refractivity contribution >= 4 is 17.6 Å². The van der Waals surface area contributed by atoms with Crippen LogP contribution < -0.4 is 4.90 Å². The Bertz CT molecular complexity index is 819. The van der Waals surface area contributed by atoms with Gasteiger partial charge < -0.3 is 14.7 Å². The molecule has 0 saturated carbocycles. The number of rotatable bonds is 4. The average molecular weight is 343 g/mol. The Morgan fingerprint density at radius 2 is 2.16 bits per heavy atom. The molecule has 2 fully saturated rings. The number of anilines is 1. The molecule has 6 heteroatoms. The summed E-state index contributed by atoms with van der Waals surface area (Å²) in [6.07, 6.45) is 3.27. The molecule has 3 heterocycles. The van der Waals surface area contributed by atoms with Crippen LogP contribution in [0.1, 0.15) is 13.3 Å². The average Bonchev–Trinajstić information content (AvgIpc) is 3.18. The normalized spacial score (nSPS) is 35.3. The van der Waals surface area contributed by atoms with Crippen molar-refractivity contribution in [3.05, 3.63) is 54.4 Å². The van der Waals surface area contributed by atoms with Gasteiger partial charge in [0.2, 0.25) is 5.91 Å². The Hall–Kier alpha value is -2.47. The molecule has 25 heavy (non-hydrogen) atoms. The van der Waals surface area contributed by atoms with Gasteiger partial charge in [0.25, 0.3) is 0 Å². The molecule has 2 bridgehead atoms. The van der Waals surface area contributed by atoms with Crippen molar-refractivity contribution in [1.82, 2.24) is 0 Å². The Labute approximate surface area is 144 Å². The first-order chi connectivity index (χ1) is 11.9. The number of carboxylic acid groups (broad SMARTS) is 1. The highest BCUT2D eigenvalue weighted by Crippen LogP contribution is 2.56. The molecule has 5 unspecified atom stereocenters. The van der Waals surface area contributed by atoms with E-state index in [-0.39, 0.29) is 5.69 Å². The lowest BCUT2D eigenvalue weighted by molar-refractivity contribution is -0.146. The number of halogens is 1. The van der Waals surface area contributed by atoms with Crippen molar-refractivity contribution in [2.24, 2.45) is 11.8 Å². The maximum Gasteiger partial charge on any atom is 0.310 e. The van der Waals surface area contributed by atoms with E-state index in [0.29, 0.717) is 6.42 Å². The van der Waals surface area contributed by atoms with E-state index in [1.54, 1.807) is 24.3 Å². The van der Waals surface area contributed by atoms with Gasteiger partial charge in [-0.25, -0.2) is 4.39 Å². The summed E-state index contributed by atoms with van der Waals surface area (Å²) in [6, 6.07) is 5.49. The summed E-state index contributed by atoms with van der Waals surface area (Å²) < 4.78 is 20.4. The van der Waals surface area contributed by atoms with E-state index < -0.39 is 47.3 Å². The number of carbonyl (C=O) groups excluding carboxylic acids is 1. The number of hydrogen-bond donors (Lipinski definition) is 1. The summed E-state index contributed by atoms with van der Waals surface area (Å²) in [5.74, 6) is -3.81. The SMILES string of the molecule is C=C(C)CC1N(c2ccccc2F)C(=O)C2C(C(=O)O)C3C=CC21O3. The van der Waals surface area contributed by atoms with E-state index in [1.165, 1.54) is 17.0 Å². The van der Waals surface area contributed by atoms with Gasteiger partial charge in [0.1, 0.15) is 17.3 Å². The van der Waals surface area contributed by atoms with E-state index in [0.717, 1.165) is 5.57 Å². The molecule has 0 radical (unpaired) electrons. The number of ether oxygens (including phenoxy) is 1. The molecule has 1 amide bonds. The fourth-order valence-corrected chi connectivity index (χ4v) is 4.45. The fraction of sp³-hybridized carbons (Fsp3) is 0.368. The van der Waals surface area contributed by atoms with Crippen LogP contribution in [0.5, 0.6) is 0 Å². The van der Waals surface area contributed by atoms with Crippen LogP contribution in [0, 0.1) is 17.7 Å². The summed E-state index contributed by atoms with van der Waals surface area (Å²) in [7, 11) is 0. The standard InChI is InChI=1S/C19H18FNO4/c1-10(2)9-14-19-8-7-13(25-19)15(18(23)24)16(19)17(22)21(14)12-6-4-3-5-11(12)20/h3-8,13-16H,1,9H2,2H3,(H,23,24). The lowest BCUT2D eigenvalue weighted by Crippen LogP contribution is -2.45. The summed E-state index contributed by atoms with van der Waals surface area (Å²) in [5, 5.41) is 9.60. The first-order valence-electron chi connectivity index (χ1n) is 8.19. The van der Waals surface area contributed by atoms with Crippen LogP contribution in [0.3, 0.4) is 0 Å². The molecule has 5 nitrogen and oxygen atoms in total. The lowest BCUT2D eigenvalue weighted by Gasteiger charge is -2.33. The first-order valence-corrected chi connectivity index (χ1v) is 8.19. The van der Waals surface area contributed by atoms with Gasteiger partial charge in [0, 0.05) is 0 Å². The lowest BCUT2D eigenvalue weighted by atomic mass is 9.74. The summed E-state index contributed by atoms with van der Waals surface area (Å²) in [6.45, 7) is 5.74. The summed E-state index contributed by atoms with van der Waals surface area (Å²) in [5.41, 5.74) is -0.0908. The van der Waals surface area contributed by atoms with E-state index >= 15 is 0 Å². The van der Waals surface area contributed by atoms with Crippen molar-refractivity contribution in [2.75, 3.05) is 4.90 Å². The molecule has 0 aromatic heterocycles. The number of carbonyl (C=O) groups is 2. The third-order valence-corrected chi connectivity index (χ3v) is 5.36. The number of benzene rings is 1. The van der Waals surface area contributed by atoms with Gasteiger partial charge >= 0.3 is 5.97 Å². The van der Waals surface area contributed by atoms with Gasteiger partial charge in [-0.05, 0) is 25.5 Å². The van der Waals surface area contributed by atoms with Crippen LogP contribution in [0.2, 0.25) is 0 Å². The van der Waals surface area contributed by atoms with Gasteiger partial charge in [-0.2, -0.15) is 0 Å². The molecule has 1 aromatic rings. The minimum atomic E-state index is -1.07. The predicted octanol–water partition coefficient (Wildman–Crippen LogP) is 2.53. The molecule has 3 aliphatic heterocycles. The van der Waals surface area contributed by atoms with Crippen LogP contribution in [0.4, 0.5) is 10.1 Å². The Morgan fingerprint density at radius 1 is 1.44 bits per heavy atom. The Kier molecular flexibility index (Phi) is 3.37.